The summed E-state index contributed by atoms with van der Waals surface area (Å²) < 4.78 is 7.98. The number of ketones is 1. The number of hydrogen-bond acceptors (Lipinski definition) is 3. The first-order valence-electron chi connectivity index (χ1n) is 9.41. The van der Waals surface area contributed by atoms with E-state index < -0.39 is 0 Å². The lowest BCUT2D eigenvalue weighted by atomic mass is 10.1. The maximum atomic E-state index is 12.6. The second-order valence-electron chi connectivity index (χ2n) is 6.65. The van der Waals surface area contributed by atoms with E-state index in [-0.39, 0.29) is 5.78 Å². The molecule has 0 unspecified atom stereocenters. The van der Waals surface area contributed by atoms with Crippen molar-refractivity contribution in [2.45, 2.75) is 0 Å². The number of allylic oxidation sites excluding steroid dienone is 1. The first-order chi connectivity index (χ1) is 14.6. The van der Waals surface area contributed by atoms with Gasteiger partial charge >= 0.3 is 0 Å². The van der Waals surface area contributed by atoms with E-state index in [9.17, 15) is 4.79 Å². The summed E-state index contributed by atoms with van der Waals surface area (Å²) in [7, 11) is 1.60. The Morgan fingerprint density at radius 3 is 2.33 bits per heavy atom. The zero-order valence-electron chi connectivity index (χ0n) is 16.3. The average Bonchev–Trinajstić information content (AvgIpc) is 3.23. The lowest BCUT2D eigenvalue weighted by Crippen LogP contribution is -1.94. The number of carbonyl (C=O) groups excluding carboxylic acids is 1. The molecule has 0 aliphatic rings. The van der Waals surface area contributed by atoms with Crippen LogP contribution < -0.4 is 4.74 Å². The number of halogens is 1. The Kier molecular flexibility index (Phi) is 5.91. The van der Waals surface area contributed by atoms with E-state index in [1.54, 1.807) is 37.5 Å². The molecule has 4 nitrogen and oxygen atoms in total. The Bertz CT molecular complexity index is 1180. The van der Waals surface area contributed by atoms with E-state index in [0.29, 0.717) is 5.56 Å². The second-order valence-corrected chi connectivity index (χ2v) is 7.56. The van der Waals surface area contributed by atoms with Crippen LogP contribution in [0.2, 0.25) is 0 Å². The molecule has 0 amide bonds. The van der Waals surface area contributed by atoms with Gasteiger partial charge in [-0.2, -0.15) is 5.10 Å². The summed E-state index contributed by atoms with van der Waals surface area (Å²) in [6.07, 6.45) is 5.33. The van der Waals surface area contributed by atoms with Gasteiger partial charge in [-0.1, -0.05) is 46.3 Å². The lowest BCUT2D eigenvalue weighted by Gasteiger charge is -2.01. The monoisotopic (exact) mass is 458 g/mol. The van der Waals surface area contributed by atoms with Crippen LogP contribution in [0.15, 0.2) is 95.6 Å². The molecular formula is C25H19BrN2O2. The Balaban J connectivity index is 1.69. The fourth-order valence-electron chi connectivity index (χ4n) is 3.07. The Hall–Kier alpha value is -3.44. The van der Waals surface area contributed by atoms with Gasteiger partial charge in [0.15, 0.2) is 5.78 Å². The third kappa shape index (κ3) is 4.42. The highest BCUT2D eigenvalue weighted by Crippen LogP contribution is 2.26. The van der Waals surface area contributed by atoms with Gasteiger partial charge in [0.1, 0.15) is 5.75 Å². The summed E-state index contributed by atoms with van der Waals surface area (Å²) in [5.74, 6) is 0.643. The van der Waals surface area contributed by atoms with Gasteiger partial charge in [-0.05, 0) is 60.7 Å². The molecule has 0 fully saturated rings. The molecular weight excluding hydrogens is 440 g/mol. The Labute approximate surface area is 183 Å². The van der Waals surface area contributed by atoms with Crippen molar-refractivity contribution in [2.75, 3.05) is 7.11 Å². The lowest BCUT2D eigenvalue weighted by molar-refractivity contribution is 0.104. The van der Waals surface area contributed by atoms with Crippen molar-refractivity contribution >= 4 is 27.8 Å². The molecule has 3 aromatic carbocycles. The van der Waals surface area contributed by atoms with Crippen molar-refractivity contribution in [1.29, 1.82) is 0 Å². The van der Waals surface area contributed by atoms with Crippen LogP contribution in [0.25, 0.3) is 23.0 Å². The Morgan fingerprint density at radius 1 is 0.967 bits per heavy atom. The molecule has 0 aliphatic carbocycles. The molecule has 148 valence electrons. The molecule has 0 bridgehead atoms. The molecule has 1 aromatic heterocycles. The number of ether oxygens (including phenoxy) is 1. The topological polar surface area (TPSA) is 44.1 Å². The summed E-state index contributed by atoms with van der Waals surface area (Å²) in [6, 6.07) is 24.9. The molecule has 0 atom stereocenters. The molecule has 0 radical (unpaired) electrons. The smallest absolute Gasteiger partial charge is 0.185 e. The van der Waals surface area contributed by atoms with Crippen LogP contribution in [0.5, 0.6) is 5.75 Å². The molecule has 0 aliphatic heterocycles. The number of hydrogen-bond donors (Lipinski definition) is 0. The number of rotatable bonds is 6. The van der Waals surface area contributed by atoms with Crippen LogP contribution in [0.4, 0.5) is 0 Å². The third-order valence-electron chi connectivity index (χ3n) is 4.67. The summed E-state index contributed by atoms with van der Waals surface area (Å²) >= 11 is 3.47. The molecule has 4 aromatic rings. The molecule has 0 saturated heterocycles. The minimum absolute atomic E-state index is 0.0770. The van der Waals surface area contributed by atoms with Crippen molar-refractivity contribution in [2.24, 2.45) is 0 Å². The summed E-state index contributed by atoms with van der Waals surface area (Å²) in [6.45, 7) is 0. The van der Waals surface area contributed by atoms with Gasteiger partial charge in [0.2, 0.25) is 0 Å². The largest absolute Gasteiger partial charge is 0.497 e. The maximum absolute atomic E-state index is 12.6. The van der Waals surface area contributed by atoms with Crippen molar-refractivity contribution in [3.63, 3.8) is 0 Å². The normalized spacial score (nSPS) is 11.0. The Morgan fingerprint density at radius 2 is 1.67 bits per heavy atom. The number of aromatic nitrogens is 2. The van der Waals surface area contributed by atoms with Crippen molar-refractivity contribution in [3.05, 3.63) is 107 Å². The van der Waals surface area contributed by atoms with Crippen molar-refractivity contribution in [1.82, 2.24) is 9.78 Å². The van der Waals surface area contributed by atoms with Gasteiger partial charge in [-0.15, -0.1) is 0 Å². The van der Waals surface area contributed by atoms with E-state index in [1.165, 1.54) is 0 Å². The molecule has 1 heterocycles. The van der Waals surface area contributed by atoms with Crippen molar-refractivity contribution < 1.29 is 9.53 Å². The number of benzene rings is 3. The highest BCUT2D eigenvalue weighted by molar-refractivity contribution is 9.10. The highest BCUT2D eigenvalue weighted by atomic mass is 79.9. The number of methoxy groups -OCH3 is 1. The van der Waals surface area contributed by atoms with Crippen LogP contribution in [0.1, 0.15) is 15.9 Å². The molecule has 0 N–H and O–H groups in total. The predicted octanol–water partition coefficient (Wildman–Crippen LogP) is 6.21. The van der Waals surface area contributed by atoms with Gasteiger partial charge in [0.25, 0.3) is 0 Å². The average molecular weight is 459 g/mol. The quantitative estimate of drug-likeness (QED) is 0.255. The van der Waals surface area contributed by atoms with E-state index >= 15 is 0 Å². The fraction of sp³-hybridized carbons (Fsp3) is 0.0400. The van der Waals surface area contributed by atoms with E-state index in [4.69, 9.17) is 9.84 Å². The van der Waals surface area contributed by atoms with E-state index in [2.05, 4.69) is 15.9 Å². The minimum Gasteiger partial charge on any atom is -0.497 e. The zero-order chi connectivity index (χ0) is 20.9. The van der Waals surface area contributed by atoms with E-state index in [0.717, 1.165) is 32.7 Å². The molecule has 4 rings (SSSR count). The molecule has 5 heteroatoms. The van der Waals surface area contributed by atoms with Crippen LogP contribution >= 0.6 is 15.9 Å². The molecule has 30 heavy (non-hydrogen) atoms. The number of para-hydroxylation sites is 1. The number of nitrogens with zero attached hydrogens (tertiary/aromatic N) is 2. The van der Waals surface area contributed by atoms with Gasteiger partial charge in [0, 0.05) is 27.4 Å². The second kappa shape index (κ2) is 8.93. The highest BCUT2D eigenvalue weighted by Gasteiger charge is 2.11. The predicted molar refractivity (Wildman–Crippen MR) is 123 cm³/mol. The number of carbonyl (C=O) groups is 1. The summed E-state index contributed by atoms with van der Waals surface area (Å²) in [5.41, 5.74) is 4.21. The van der Waals surface area contributed by atoms with Gasteiger partial charge < -0.3 is 4.74 Å². The van der Waals surface area contributed by atoms with Gasteiger partial charge in [0.05, 0.1) is 18.5 Å². The zero-order valence-corrected chi connectivity index (χ0v) is 17.9. The van der Waals surface area contributed by atoms with Crippen LogP contribution in [-0.2, 0) is 0 Å². The summed E-state index contributed by atoms with van der Waals surface area (Å²) in [5, 5.41) is 4.78. The van der Waals surface area contributed by atoms with Crippen LogP contribution in [0, 0.1) is 0 Å². The SMILES string of the molecule is COc1ccc(C(=O)C=Cc2cn(-c3ccccc3)nc2-c2ccc(Br)cc2)cc1. The third-order valence-corrected chi connectivity index (χ3v) is 5.20. The van der Waals surface area contributed by atoms with Crippen molar-refractivity contribution in [3.8, 4) is 22.7 Å². The molecule has 0 saturated carbocycles. The van der Waals surface area contributed by atoms with Gasteiger partial charge in [-0.25, -0.2) is 4.68 Å². The van der Waals surface area contributed by atoms with Gasteiger partial charge in [-0.3, -0.25) is 4.79 Å². The first-order valence-corrected chi connectivity index (χ1v) is 10.2. The first kappa shape index (κ1) is 19.9. The fourth-order valence-corrected chi connectivity index (χ4v) is 3.34. The summed E-state index contributed by atoms with van der Waals surface area (Å²) in [4.78, 5) is 12.6. The van der Waals surface area contributed by atoms with Crippen LogP contribution in [0.3, 0.4) is 0 Å². The van der Waals surface area contributed by atoms with Crippen LogP contribution in [-0.4, -0.2) is 22.7 Å². The minimum atomic E-state index is -0.0770. The molecule has 0 spiro atoms. The maximum Gasteiger partial charge on any atom is 0.185 e. The standard InChI is InChI=1S/C25H19BrN2O2/c1-30-23-14-9-18(10-15-23)24(29)16-11-20-17-28(22-5-3-2-4-6-22)27-25(20)19-7-12-21(26)13-8-19/h2-17H,1H3. The van der Waals surface area contributed by atoms with E-state index in [1.807, 2.05) is 71.6 Å².